The van der Waals surface area contributed by atoms with Crippen LogP contribution in [0.1, 0.15) is 43.4 Å². The Bertz CT molecular complexity index is 1330. The van der Waals surface area contributed by atoms with E-state index in [0.29, 0.717) is 30.0 Å². The van der Waals surface area contributed by atoms with Gasteiger partial charge in [-0.1, -0.05) is 80.6 Å². The van der Waals surface area contributed by atoms with Crippen molar-refractivity contribution in [2.75, 3.05) is 20.8 Å². The molecular formula is C35H45N3O6. The summed E-state index contributed by atoms with van der Waals surface area (Å²) in [5.41, 5.74) is 2.78. The largest absolute Gasteiger partial charge is 0.493 e. The first kappa shape index (κ1) is 34.1. The molecule has 3 aromatic carbocycles. The van der Waals surface area contributed by atoms with Gasteiger partial charge in [0, 0.05) is 13.0 Å². The second-order valence-electron chi connectivity index (χ2n) is 11.2. The highest BCUT2D eigenvalue weighted by Crippen LogP contribution is 2.27. The molecular weight excluding hydrogens is 558 g/mol. The molecule has 0 aliphatic carbocycles. The summed E-state index contributed by atoms with van der Waals surface area (Å²) in [6.45, 7) is 4.20. The highest BCUT2D eigenvalue weighted by molar-refractivity contribution is 5.89. The first-order chi connectivity index (χ1) is 21.2. The summed E-state index contributed by atoms with van der Waals surface area (Å²) in [7, 11) is 3.07. The Morgan fingerprint density at radius 3 is 2.02 bits per heavy atom. The van der Waals surface area contributed by atoms with Gasteiger partial charge in [-0.2, -0.15) is 0 Å². The minimum Gasteiger partial charge on any atom is -0.493 e. The van der Waals surface area contributed by atoms with Gasteiger partial charge in [0.25, 0.3) is 0 Å². The normalized spacial score (nSPS) is 13.0. The molecule has 0 unspecified atom stereocenters. The maximum absolute atomic E-state index is 13.5. The molecule has 44 heavy (non-hydrogen) atoms. The van der Waals surface area contributed by atoms with E-state index in [9.17, 15) is 19.5 Å². The van der Waals surface area contributed by atoms with Crippen molar-refractivity contribution in [2.45, 2.75) is 64.1 Å². The fraction of sp³-hybridized carbons (Fsp3) is 0.400. The third-order valence-corrected chi connectivity index (χ3v) is 7.41. The third kappa shape index (κ3) is 11.0. The molecule has 0 aliphatic rings. The summed E-state index contributed by atoms with van der Waals surface area (Å²) in [4.78, 5) is 39.0. The fourth-order valence-corrected chi connectivity index (χ4v) is 4.92. The first-order valence-electron chi connectivity index (χ1n) is 15.0. The molecule has 9 heteroatoms. The van der Waals surface area contributed by atoms with Gasteiger partial charge in [-0.15, -0.1) is 0 Å². The lowest BCUT2D eigenvalue weighted by molar-refractivity contribution is -0.130. The summed E-state index contributed by atoms with van der Waals surface area (Å²) in [6, 6.07) is 23.2. The van der Waals surface area contributed by atoms with Crippen molar-refractivity contribution in [2.24, 2.45) is 5.92 Å². The number of benzene rings is 3. The van der Waals surface area contributed by atoms with Gasteiger partial charge in [0.1, 0.15) is 6.04 Å². The molecule has 0 saturated carbocycles. The Morgan fingerprint density at radius 2 is 1.41 bits per heavy atom. The molecule has 0 aliphatic heterocycles. The predicted molar refractivity (Wildman–Crippen MR) is 170 cm³/mol. The summed E-state index contributed by atoms with van der Waals surface area (Å²) in [5, 5.41) is 19.9. The maximum Gasteiger partial charge on any atom is 0.243 e. The highest BCUT2D eigenvalue weighted by atomic mass is 16.5. The summed E-state index contributed by atoms with van der Waals surface area (Å²) in [6.07, 6.45) is 0.449. The van der Waals surface area contributed by atoms with Crippen LogP contribution in [0.2, 0.25) is 0 Å². The van der Waals surface area contributed by atoms with E-state index in [0.717, 1.165) is 17.5 Å². The molecule has 3 rings (SSSR count). The summed E-state index contributed by atoms with van der Waals surface area (Å²) in [5.74, 6) is -0.0183. The van der Waals surface area contributed by atoms with E-state index in [-0.39, 0.29) is 37.0 Å². The van der Waals surface area contributed by atoms with E-state index in [1.165, 1.54) is 7.11 Å². The van der Waals surface area contributed by atoms with Crippen LogP contribution in [-0.2, 0) is 33.6 Å². The molecule has 4 N–H and O–H groups in total. The molecule has 9 nitrogen and oxygen atoms in total. The number of amides is 3. The highest BCUT2D eigenvalue weighted by Gasteiger charge is 2.29. The van der Waals surface area contributed by atoms with E-state index in [1.54, 1.807) is 25.3 Å². The smallest absolute Gasteiger partial charge is 0.243 e. The van der Waals surface area contributed by atoms with Gasteiger partial charge < -0.3 is 30.5 Å². The zero-order valence-electron chi connectivity index (χ0n) is 26.0. The topological polar surface area (TPSA) is 126 Å². The number of aliphatic hydroxyl groups is 1. The zero-order chi connectivity index (χ0) is 31.9. The molecule has 0 heterocycles. The van der Waals surface area contributed by atoms with E-state index in [4.69, 9.17) is 9.47 Å². The quantitative estimate of drug-likeness (QED) is 0.187. The van der Waals surface area contributed by atoms with Gasteiger partial charge >= 0.3 is 0 Å². The Labute approximate surface area is 260 Å². The Kier molecular flexibility index (Phi) is 13.7. The number of nitrogens with one attached hydrogen (secondary N) is 3. The van der Waals surface area contributed by atoms with Crippen LogP contribution < -0.4 is 25.4 Å². The maximum atomic E-state index is 13.5. The van der Waals surface area contributed by atoms with Gasteiger partial charge in [-0.05, 0) is 54.0 Å². The Morgan fingerprint density at radius 1 is 0.773 bits per heavy atom. The molecule has 0 spiro atoms. The molecule has 3 aromatic rings. The van der Waals surface area contributed by atoms with Crippen molar-refractivity contribution in [1.82, 2.24) is 16.0 Å². The minimum absolute atomic E-state index is 0.0479. The third-order valence-electron chi connectivity index (χ3n) is 7.41. The molecule has 0 saturated heterocycles. The molecule has 0 fully saturated rings. The summed E-state index contributed by atoms with van der Waals surface area (Å²) >= 11 is 0. The molecule has 0 radical (unpaired) electrons. The molecule has 3 amide bonds. The average molecular weight is 604 g/mol. The number of ether oxygens (including phenoxy) is 2. The fourth-order valence-electron chi connectivity index (χ4n) is 4.92. The van der Waals surface area contributed by atoms with Crippen LogP contribution in [0, 0.1) is 5.92 Å². The molecule has 0 bridgehead atoms. The van der Waals surface area contributed by atoms with Gasteiger partial charge in [0.15, 0.2) is 11.5 Å². The monoisotopic (exact) mass is 603 g/mol. The lowest BCUT2D eigenvalue weighted by Gasteiger charge is -2.28. The van der Waals surface area contributed by atoms with Crippen LogP contribution in [0.5, 0.6) is 11.5 Å². The predicted octanol–water partition coefficient (Wildman–Crippen LogP) is 3.61. The van der Waals surface area contributed by atoms with Crippen LogP contribution in [0.15, 0.2) is 78.9 Å². The van der Waals surface area contributed by atoms with Crippen LogP contribution in [-0.4, -0.2) is 61.8 Å². The van der Waals surface area contributed by atoms with E-state index in [1.807, 2.05) is 74.5 Å². The molecule has 0 aromatic heterocycles. The molecule has 236 valence electrons. The Balaban J connectivity index is 1.61. The van der Waals surface area contributed by atoms with Gasteiger partial charge in [0.2, 0.25) is 17.7 Å². The van der Waals surface area contributed by atoms with Gasteiger partial charge in [0.05, 0.1) is 32.8 Å². The molecule has 3 atom stereocenters. The summed E-state index contributed by atoms with van der Waals surface area (Å²) < 4.78 is 10.6. The zero-order valence-corrected chi connectivity index (χ0v) is 26.0. The van der Waals surface area contributed by atoms with Crippen LogP contribution in [0.25, 0.3) is 0 Å². The number of aliphatic hydroxyl groups excluding tert-OH is 1. The van der Waals surface area contributed by atoms with Crippen molar-refractivity contribution < 1.29 is 29.0 Å². The number of rotatable bonds is 17. The van der Waals surface area contributed by atoms with Crippen molar-refractivity contribution in [3.05, 3.63) is 95.6 Å². The van der Waals surface area contributed by atoms with Crippen molar-refractivity contribution in [1.29, 1.82) is 0 Å². The number of hydrogen-bond acceptors (Lipinski definition) is 6. The van der Waals surface area contributed by atoms with E-state index >= 15 is 0 Å². The first-order valence-corrected chi connectivity index (χ1v) is 15.0. The van der Waals surface area contributed by atoms with Crippen molar-refractivity contribution in [3.8, 4) is 11.5 Å². The number of carbonyl (C=O) groups excluding carboxylic acids is 3. The van der Waals surface area contributed by atoms with Crippen molar-refractivity contribution >= 4 is 17.7 Å². The lowest BCUT2D eigenvalue weighted by atomic mass is 9.96. The van der Waals surface area contributed by atoms with Gasteiger partial charge in [-0.25, -0.2) is 0 Å². The standard InChI is InChI=1S/C35H45N3O6/c1-24(2)34(38-33(41)23-27-15-17-30(43-3)31(22-27)44-4)35(42)37-28(21-26-13-9-6-10-14-26)29(39)16-18-32(40)36-20-19-25-11-7-5-8-12-25/h5-15,17,22,24,28-29,34,39H,16,18-21,23H2,1-4H3,(H,36,40)(H,37,42)(H,38,41)/t28-,29-,34-/m0/s1. The minimum atomic E-state index is -0.977. The van der Waals surface area contributed by atoms with Crippen LogP contribution in [0.4, 0.5) is 0 Å². The lowest BCUT2D eigenvalue weighted by Crippen LogP contribution is -2.55. The average Bonchev–Trinajstić information content (AvgIpc) is 3.02. The van der Waals surface area contributed by atoms with Crippen LogP contribution in [0.3, 0.4) is 0 Å². The number of methoxy groups -OCH3 is 2. The second-order valence-corrected chi connectivity index (χ2v) is 11.2. The van der Waals surface area contributed by atoms with Crippen molar-refractivity contribution in [3.63, 3.8) is 0 Å². The number of carbonyl (C=O) groups is 3. The number of hydrogen-bond donors (Lipinski definition) is 4. The SMILES string of the molecule is COc1ccc(CC(=O)N[C@H](C(=O)N[C@@H](Cc2ccccc2)[C@@H](O)CCC(=O)NCCc2ccccc2)C(C)C)cc1OC. The van der Waals surface area contributed by atoms with Crippen LogP contribution >= 0.6 is 0 Å². The van der Waals surface area contributed by atoms with E-state index in [2.05, 4.69) is 16.0 Å². The second kappa shape index (κ2) is 17.7. The Hall–Kier alpha value is -4.37. The van der Waals surface area contributed by atoms with E-state index < -0.39 is 24.1 Å². The van der Waals surface area contributed by atoms with Gasteiger partial charge in [-0.3, -0.25) is 14.4 Å².